The van der Waals surface area contributed by atoms with Gasteiger partial charge < -0.3 is 15.1 Å². The number of benzene rings is 1. The molecule has 0 spiro atoms. The predicted molar refractivity (Wildman–Crippen MR) is 80.5 cm³/mol. The summed E-state index contributed by atoms with van der Waals surface area (Å²) in [4.78, 5) is 20.6. The highest BCUT2D eigenvalue weighted by molar-refractivity contribution is 5.86. The minimum absolute atomic E-state index is 0.120. The number of nitrogens with two attached hydrogens (primary N) is 1. The Morgan fingerprint density at radius 3 is 2.90 bits per heavy atom. The Kier molecular flexibility index (Phi) is 3.13. The van der Waals surface area contributed by atoms with Crippen LogP contribution in [-0.2, 0) is 11.3 Å². The Labute approximate surface area is 123 Å². The van der Waals surface area contributed by atoms with Crippen molar-refractivity contribution in [3.8, 4) is 0 Å². The van der Waals surface area contributed by atoms with Crippen LogP contribution in [-0.4, -0.2) is 46.4 Å². The van der Waals surface area contributed by atoms with E-state index in [9.17, 15) is 4.79 Å². The minimum Gasteiger partial charge on any atom is -0.439 e. The highest BCUT2D eigenvalue weighted by atomic mass is 16.3. The molecule has 0 saturated carbocycles. The number of fused-ring (bicyclic) bond motifs is 1. The van der Waals surface area contributed by atoms with Crippen LogP contribution in [0.3, 0.4) is 0 Å². The van der Waals surface area contributed by atoms with Gasteiger partial charge >= 0.3 is 0 Å². The van der Waals surface area contributed by atoms with Crippen molar-refractivity contribution in [1.82, 2.24) is 14.8 Å². The van der Waals surface area contributed by atoms with E-state index < -0.39 is 5.54 Å². The number of amides is 1. The molecule has 2 aromatic rings. The van der Waals surface area contributed by atoms with Crippen LogP contribution in [0.5, 0.6) is 0 Å². The molecule has 1 aromatic heterocycles. The van der Waals surface area contributed by atoms with Gasteiger partial charge in [0.15, 0.2) is 5.58 Å². The van der Waals surface area contributed by atoms with E-state index in [4.69, 9.17) is 10.2 Å². The van der Waals surface area contributed by atoms with Crippen molar-refractivity contribution in [3.63, 3.8) is 0 Å². The summed E-state index contributed by atoms with van der Waals surface area (Å²) in [6.45, 7) is 5.91. The monoisotopic (exact) mass is 288 g/mol. The van der Waals surface area contributed by atoms with Gasteiger partial charge in [-0.3, -0.25) is 9.69 Å². The Hall–Kier alpha value is -2.08. The third-order valence-electron chi connectivity index (χ3n) is 4.15. The first-order valence-corrected chi connectivity index (χ1v) is 7.03. The molecule has 0 unspecified atom stereocenters. The fourth-order valence-corrected chi connectivity index (χ4v) is 2.75. The van der Waals surface area contributed by atoms with Crippen LogP contribution in [0.15, 0.2) is 22.6 Å². The molecule has 1 fully saturated rings. The molecule has 21 heavy (non-hydrogen) atoms. The first-order chi connectivity index (χ1) is 9.88. The maximum Gasteiger partial charge on any atom is 0.242 e. The van der Waals surface area contributed by atoms with Crippen LogP contribution in [0.1, 0.15) is 19.7 Å². The average molecular weight is 288 g/mol. The largest absolute Gasteiger partial charge is 0.439 e. The maximum absolute atomic E-state index is 12.3. The van der Waals surface area contributed by atoms with E-state index in [1.165, 1.54) is 0 Å². The lowest BCUT2D eigenvalue weighted by molar-refractivity contribution is -0.147. The van der Waals surface area contributed by atoms with E-state index in [-0.39, 0.29) is 5.91 Å². The van der Waals surface area contributed by atoms with Gasteiger partial charge in [0.1, 0.15) is 5.52 Å². The van der Waals surface area contributed by atoms with E-state index in [0.29, 0.717) is 23.7 Å². The van der Waals surface area contributed by atoms with Gasteiger partial charge in [-0.15, -0.1) is 0 Å². The number of nitrogens with zero attached hydrogens (tertiary/aromatic N) is 3. The number of hydrogen-bond acceptors (Lipinski definition) is 5. The molecule has 2 heterocycles. The van der Waals surface area contributed by atoms with Gasteiger partial charge in [-0.25, -0.2) is 4.98 Å². The van der Waals surface area contributed by atoms with Gasteiger partial charge in [0.05, 0.1) is 12.1 Å². The standard InChI is InChI=1S/C15H20N4O2/c1-15(2)14(20)18(3)6-7-19(15)9-13-17-11-5-4-10(16)8-12(11)21-13/h4-5,8H,6-7,9,16H2,1-3H3. The summed E-state index contributed by atoms with van der Waals surface area (Å²) in [6, 6.07) is 5.42. The molecule has 1 aliphatic heterocycles. The molecule has 1 amide bonds. The molecule has 2 N–H and O–H groups in total. The quantitative estimate of drug-likeness (QED) is 0.847. The number of hydrogen-bond donors (Lipinski definition) is 1. The second-order valence-corrected chi connectivity index (χ2v) is 6.04. The lowest BCUT2D eigenvalue weighted by Gasteiger charge is -2.44. The summed E-state index contributed by atoms with van der Waals surface area (Å²) in [5.74, 6) is 0.732. The first kappa shape index (κ1) is 13.9. The topological polar surface area (TPSA) is 75.6 Å². The third kappa shape index (κ3) is 2.35. The van der Waals surface area contributed by atoms with Crippen LogP contribution >= 0.6 is 0 Å². The van der Waals surface area contributed by atoms with E-state index >= 15 is 0 Å². The molecule has 0 atom stereocenters. The van der Waals surface area contributed by atoms with Crippen LogP contribution in [0.25, 0.3) is 11.1 Å². The molecule has 0 bridgehead atoms. The van der Waals surface area contributed by atoms with E-state index in [2.05, 4.69) is 9.88 Å². The van der Waals surface area contributed by atoms with Crippen molar-refractivity contribution in [2.24, 2.45) is 0 Å². The molecular weight excluding hydrogens is 268 g/mol. The van der Waals surface area contributed by atoms with Gasteiger partial charge in [-0.1, -0.05) is 0 Å². The summed E-state index contributed by atoms with van der Waals surface area (Å²) >= 11 is 0. The summed E-state index contributed by atoms with van der Waals surface area (Å²) in [5, 5.41) is 0. The number of piperazine rings is 1. The summed E-state index contributed by atoms with van der Waals surface area (Å²) < 4.78 is 5.75. The molecule has 0 radical (unpaired) electrons. The van der Waals surface area contributed by atoms with Crippen molar-refractivity contribution in [1.29, 1.82) is 0 Å². The highest BCUT2D eigenvalue weighted by Crippen LogP contribution is 2.25. The van der Waals surface area contributed by atoms with Crippen LogP contribution in [0.4, 0.5) is 5.69 Å². The number of aromatic nitrogens is 1. The Bertz CT molecular complexity index is 692. The number of likely N-dealkylation sites (N-methyl/N-ethyl adjacent to an activating group) is 1. The normalized spacial score (nSPS) is 19.4. The van der Waals surface area contributed by atoms with Crippen molar-refractivity contribution < 1.29 is 9.21 Å². The zero-order valence-electron chi connectivity index (χ0n) is 12.6. The SMILES string of the molecule is CN1CCN(Cc2nc3ccc(N)cc3o2)C(C)(C)C1=O. The number of rotatable bonds is 2. The maximum atomic E-state index is 12.3. The Morgan fingerprint density at radius 2 is 2.14 bits per heavy atom. The molecule has 3 rings (SSSR count). The van der Waals surface area contributed by atoms with Gasteiger partial charge in [-0.2, -0.15) is 0 Å². The second kappa shape index (κ2) is 4.73. The summed E-state index contributed by atoms with van der Waals surface area (Å²) in [5.41, 5.74) is 7.32. The molecule has 1 saturated heterocycles. The number of oxazole rings is 1. The van der Waals surface area contributed by atoms with E-state index in [1.807, 2.05) is 27.0 Å². The fraction of sp³-hybridized carbons (Fsp3) is 0.467. The number of nitrogen functional groups attached to an aromatic ring is 1. The van der Waals surface area contributed by atoms with Gasteiger partial charge in [0, 0.05) is 31.9 Å². The lowest BCUT2D eigenvalue weighted by Crippen LogP contribution is -2.61. The smallest absolute Gasteiger partial charge is 0.242 e. The zero-order chi connectivity index (χ0) is 15.2. The van der Waals surface area contributed by atoms with Gasteiger partial charge in [0.25, 0.3) is 0 Å². The Balaban J connectivity index is 1.86. The molecule has 0 aliphatic carbocycles. The minimum atomic E-state index is -0.549. The second-order valence-electron chi connectivity index (χ2n) is 6.04. The van der Waals surface area contributed by atoms with Crippen LogP contribution in [0, 0.1) is 0 Å². The highest BCUT2D eigenvalue weighted by Gasteiger charge is 2.40. The van der Waals surface area contributed by atoms with Crippen molar-refractivity contribution in [3.05, 3.63) is 24.1 Å². The average Bonchev–Trinajstić information content (AvgIpc) is 2.81. The molecule has 6 heteroatoms. The van der Waals surface area contributed by atoms with Crippen molar-refractivity contribution in [2.45, 2.75) is 25.9 Å². The first-order valence-electron chi connectivity index (χ1n) is 7.03. The third-order valence-corrected chi connectivity index (χ3v) is 4.15. The molecule has 1 aliphatic rings. The van der Waals surface area contributed by atoms with Crippen molar-refractivity contribution in [2.75, 3.05) is 25.9 Å². The van der Waals surface area contributed by atoms with E-state index in [1.54, 1.807) is 17.0 Å². The molecule has 6 nitrogen and oxygen atoms in total. The van der Waals surface area contributed by atoms with Crippen LogP contribution in [0.2, 0.25) is 0 Å². The number of carbonyl (C=O) groups excluding carboxylic acids is 1. The number of carbonyl (C=O) groups is 1. The lowest BCUT2D eigenvalue weighted by atomic mass is 9.98. The van der Waals surface area contributed by atoms with E-state index in [0.717, 1.165) is 18.6 Å². The molecule has 1 aromatic carbocycles. The predicted octanol–water partition coefficient (Wildman–Crippen LogP) is 1.46. The van der Waals surface area contributed by atoms with Crippen LogP contribution < -0.4 is 5.73 Å². The summed E-state index contributed by atoms with van der Waals surface area (Å²) in [7, 11) is 1.84. The van der Waals surface area contributed by atoms with Gasteiger partial charge in [0.2, 0.25) is 11.8 Å². The number of anilines is 1. The molecular formula is C15H20N4O2. The van der Waals surface area contributed by atoms with Crippen molar-refractivity contribution >= 4 is 22.7 Å². The van der Waals surface area contributed by atoms with Gasteiger partial charge in [-0.05, 0) is 26.0 Å². The zero-order valence-corrected chi connectivity index (χ0v) is 12.6. The Morgan fingerprint density at radius 1 is 1.38 bits per heavy atom. The fourth-order valence-electron chi connectivity index (χ4n) is 2.75. The summed E-state index contributed by atoms with van der Waals surface area (Å²) in [6.07, 6.45) is 0. The molecule has 112 valence electrons.